The van der Waals surface area contributed by atoms with Crippen LogP contribution in [-0.4, -0.2) is 12.6 Å². The van der Waals surface area contributed by atoms with E-state index in [1.165, 1.54) is 22.4 Å². The Labute approximate surface area is 159 Å². The normalized spacial score (nSPS) is 15.3. The first-order valence-electron chi connectivity index (χ1n) is 9.82. The molecule has 0 saturated carbocycles. The van der Waals surface area contributed by atoms with Crippen LogP contribution in [0.3, 0.4) is 0 Å². The first-order chi connectivity index (χ1) is 12.6. The fraction of sp³-hybridized carbons (Fsp3) is 0.417. The summed E-state index contributed by atoms with van der Waals surface area (Å²) in [6.45, 7) is 9.64. The van der Waals surface area contributed by atoms with E-state index >= 15 is 0 Å². The minimum absolute atomic E-state index is 0.380. The minimum Gasteiger partial charge on any atom is -0.386 e. The quantitative estimate of drug-likeness (QED) is 0.648. The van der Waals surface area contributed by atoms with E-state index in [-0.39, 0.29) is 0 Å². The Balaban J connectivity index is 2.12. The highest BCUT2D eigenvalue weighted by atomic mass is 14.9. The number of rotatable bonds is 9. The summed E-state index contributed by atoms with van der Waals surface area (Å²) in [4.78, 5) is 0. The van der Waals surface area contributed by atoms with Crippen LogP contribution in [0.5, 0.6) is 0 Å². The van der Waals surface area contributed by atoms with Crippen LogP contribution in [0.25, 0.3) is 0 Å². The first kappa shape index (κ1) is 20.3. The zero-order chi connectivity index (χ0) is 18.9. The number of allylic oxidation sites excluding steroid dienone is 2. The van der Waals surface area contributed by atoms with Crippen molar-refractivity contribution >= 4 is 0 Å². The second-order valence-electron chi connectivity index (χ2n) is 7.30. The molecule has 0 fully saturated rings. The highest BCUT2D eigenvalue weighted by Crippen LogP contribution is 2.27. The molecular weight excluding hydrogens is 316 g/mol. The Hall–Kier alpha value is -2.06. The topological polar surface area (TPSA) is 38.0 Å². The average molecular weight is 351 g/mol. The molecule has 0 heterocycles. The average Bonchev–Trinajstić information content (AvgIpc) is 2.67. The summed E-state index contributed by atoms with van der Waals surface area (Å²) < 4.78 is 0. The monoisotopic (exact) mass is 350 g/mol. The Morgan fingerprint density at radius 3 is 2.31 bits per heavy atom. The summed E-state index contributed by atoms with van der Waals surface area (Å²) in [5.41, 5.74) is 11.2. The summed E-state index contributed by atoms with van der Waals surface area (Å²) >= 11 is 0. The molecule has 3 unspecified atom stereocenters. The molecule has 0 aliphatic rings. The van der Waals surface area contributed by atoms with E-state index in [1.54, 1.807) is 0 Å². The van der Waals surface area contributed by atoms with Crippen LogP contribution in [0.15, 0.2) is 66.4 Å². The molecule has 140 valence electrons. The van der Waals surface area contributed by atoms with Crippen LogP contribution in [-0.2, 0) is 6.42 Å². The third-order valence-electron chi connectivity index (χ3n) is 5.20. The van der Waals surface area contributed by atoms with Gasteiger partial charge in [0.05, 0.1) is 0 Å². The van der Waals surface area contributed by atoms with Crippen molar-refractivity contribution in [2.75, 3.05) is 6.54 Å². The van der Waals surface area contributed by atoms with Crippen LogP contribution >= 0.6 is 0 Å². The number of hydrogen-bond donors (Lipinski definition) is 2. The van der Waals surface area contributed by atoms with E-state index in [1.807, 2.05) is 0 Å². The third-order valence-corrected chi connectivity index (χ3v) is 5.20. The van der Waals surface area contributed by atoms with E-state index in [4.69, 9.17) is 5.73 Å². The fourth-order valence-corrected chi connectivity index (χ4v) is 3.64. The lowest BCUT2D eigenvalue weighted by Crippen LogP contribution is -2.31. The zero-order valence-electron chi connectivity index (χ0n) is 16.7. The van der Waals surface area contributed by atoms with Gasteiger partial charge in [0.25, 0.3) is 0 Å². The molecule has 0 bridgehead atoms. The number of hydrogen-bond acceptors (Lipinski definition) is 2. The molecule has 2 aromatic carbocycles. The fourth-order valence-electron chi connectivity index (χ4n) is 3.64. The molecule has 0 aliphatic heterocycles. The van der Waals surface area contributed by atoms with E-state index in [9.17, 15) is 0 Å². The standard InChI is InChI=1S/C24H34N2/c1-5-24(18(2)15-16-25)26-19(3)17-22-13-9-10-14-23(22)20(4)21-11-7-6-8-12-21/h5-14,18-20,26H,15-17,25H2,1-4H3/b24-5-. The molecule has 0 spiro atoms. The van der Waals surface area contributed by atoms with Crippen molar-refractivity contribution in [1.29, 1.82) is 0 Å². The van der Waals surface area contributed by atoms with Crippen molar-refractivity contribution in [3.8, 4) is 0 Å². The zero-order valence-corrected chi connectivity index (χ0v) is 16.7. The lowest BCUT2D eigenvalue weighted by atomic mass is 9.87. The summed E-state index contributed by atoms with van der Waals surface area (Å²) in [5, 5.41) is 3.71. The van der Waals surface area contributed by atoms with Gasteiger partial charge in [-0.25, -0.2) is 0 Å². The Bertz CT molecular complexity index is 690. The molecule has 2 aromatic rings. The van der Waals surface area contributed by atoms with Crippen LogP contribution in [0.2, 0.25) is 0 Å². The molecule has 3 atom stereocenters. The molecule has 2 nitrogen and oxygen atoms in total. The molecule has 3 N–H and O–H groups in total. The third kappa shape index (κ3) is 5.47. The molecule has 0 radical (unpaired) electrons. The molecule has 0 amide bonds. The second kappa shape index (κ2) is 10.2. The lowest BCUT2D eigenvalue weighted by Gasteiger charge is -2.24. The van der Waals surface area contributed by atoms with Crippen molar-refractivity contribution in [1.82, 2.24) is 5.32 Å². The highest BCUT2D eigenvalue weighted by molar-refractivity contribution is 5.37. The second-order valence-corrected chi connectivity index (χ2v) is 7.30. The van der Waals surface area contributed by atoms with Gasteiger partial charge in [0.2, 0.25) is 0 Å². The summed E-state index contributed by atoms with van der Waals surface area (Å²) in [7, 11) is 0. The molecular formula is C24H34N2. The Morgan fingerprint density at radius 1 is 1.00 bits per heavy atom. The van der Waals surface area contributed by atoms with E-state index in [0.717, 1.165) is 19.4 Å². The van der Waals surface area contributed by atoms with Gasteiger partial charge in [0, 0.05) is 17.7 Å². The largest absolute Gasteiger partial charge is 0.386 e. The number of nitrogens with one attached hydrogen (secondary N) is 1. The van der Waals surface area contributed by atoms with Gasteiger partial charge in [-0.2, -0.15) is 0 Å². The van der Waals surface area contributed by atoms with Crippen LogP contribution in [0.1, 0.15) is 56.7 Å². The van der Waals surface area contributed by atoms with Gasteiger partial charge in [0.15, 0.2) is 0 Å². The number of nitrogens with two attached hydrogens (primary N) is 1. The maximum atomic E-state index is 5.73. The molecule has 0 aromatic heterocycles. The summed E-state index contributed by atoms with van der Waals surface area (Å²) in [6, 6.07) is 20.0. The van der Waals surface area contributed by atoms with Gasteiger partial charge in [0.1, 0.15) is 0 Å². The predicted molar refractivity (Wildman–Crippen MR) is 113 cm³/mol. The minimum atomic E-state index is 0.380. The van der Waals surface area contributed by atoms with Crippen molar-refractivity contribution in [2.24, 2.45) is 11.7 Å². The maximum Gasteiger partial charge on any atom is 0.0270 e. The van der Waals surface area contributed by atoms with Crippen LogP contribution in [0.4, 0.5) is 0 Å². The van der Waals surface area contributed by atoms with Crippen molar-refractivity contribution in [3.63, 3.8) is 0 Å². The Morgan fingerprint density at radius 2 is 1.65 bits per heavy atom. The number of benzene rings is 2. The molecule has 26 heavy (non-hydrogen) atoms. The van der Waals surface area contributed by atoms with Gasteiger partial charge in [-0.15, -0.1) is 0 Å². The highest BCUT2D eigenvalue weighted by Gasteiger charge is 2.15. The van der Waals surface area contributed by atoms with E-state index < -0.39 is 0 Å². The predicted octanol–water partition coefficient (Wildman–Crippen LogP) is 5.25. The van der Waals surface area contributed by atoms with Gasteiger partial charge in [-0.3, -0.25) is 0 Å². The summed E-state index contributed by atoms with van der Waals surface area (Å²) in [5.74, 6) is 0.878. The van der Waals surface area contributed by atoms with Gasteiger partial charge in [-0.1, -0.05) is 74.5 Å². The summed E-state index contributed by atoms with van der Waals surface area (Å²) in [6.07, 6.45) is 4.22. The van der Waals surface area contributed by atoms with Crippen LogP contribution < -0.4 is 11.1 Å². The van der Waals surface area contributed by atoms with Gasteiger partial charge < -0.3 is 11.1 Å². The maximum absolute atomic E-state index is 5.73. The SMILES string of the molecule is C/C=C(\NC(C)Cc1ccccc1C(C)c1ccccc1)C(C)CCN. The van der Waals surface area contributed by atoms with E-state index in [2.05, 4.69) is 93.7 Å². The molecule has 2 heteroatoms. The molecule has 0 aliphatic carbocycles. The van der Waals surface area contributed by atoms with Gasteiger partial charge >= 0.3 is 0 Å². The molecule has 2 rings (SSSR count). The van der Waals surface area contributed by atoms with Crippen LogP contribution in [0, 0.1) is 5.92 Å². The molecule has 0 saturated heterocycles. The Kier molecular flexibility index (Phi) is 7.93. The van der Waals surface area contributed by atoms with E-state index in [0.29, 0.717) is 17.9 Å². The van der Waals surface area contributed by atoms with Crippen molar-refractivity contribution in [3.05, 3.63) is 83.1 Å². The van der Waals surface area contributed by atoms with Crippen molar-refractivity contribution < 1.29 is 0 Å². The lowest BCUT2D eigenvalue weighted by molar-refractivity contribution is 0.513. The van der Waals surface area contributed by atoms with Gasteiger partial charge in [-0.05, 0) is 55.8 Å². The first-order valence-corrected chi connectivity index (χ1v) is 9.82. The smallest absolute Gasteiger partial charge is 0.0270 e. The van der Waals surface area contributed by atoms with Crippen molar-refractivity contribution in [2.45, 2.75) is 52.5 Å².